The van der Waals surface area contributed by atoms with E-state index in [1.807, 2.05) is 30.3 Å². The first-order chi connectivity index (χ1) is 9.61. The maximum atomic E-state index is 6.21. The summed E-state index contributed by atoms with van der Waals surface area (Å²) in [6.45, 7) is 3.08. The lowest BCUT2D eigenvalue weighted by Crippen LogP contribution is -2.23. The molecule has 0 spiro atoms. The minimum Gasteiger partial charge on any atom is -0.306 e. The van der Waals surface area contributed by atoms with E-state index < -0.39 is 0 Å². The lowest BCUT2D eigenvalue weighted by atomic mass is 9.98. The second-order valence-electron chi connectivity index (χ2n) is 4.62. The highest BCUT2D eigenvalue weighted by Gasteiger charge is 2.14. The van der Waals surface area contributed by atoms with Crippen molar-refractivity contribution in [3.05, 3.63) is 68.1 Å². The van der Waals surface area contributed by atoms with Crippen LogP contribution in [0.3, 0.4) is 0 Å². The molecule has 0 fully saturated rings. The molecule has 0 saturated carbocycles. The van der Waals surface area contributed by atoms with Gasteiger partial charge in [-0.3, -0.25) is 0 Å². The van der Waals surface area contributed by atoms with E-state index in [1.54, 1.807) is 0 Å². The number of nitrogens with one attached hydrogen (secondary N) is 1. The normalized spacial score (nSPS) is 12.4. The van der Waals surface area contributed by atoms with Crippen LogP contribution in [0.5, 0.6) is 0 Å². The molecule has 106 valence electrons. The van der Waals surface area contributed by atoms with Crippen LogP contribution in [0.1, 0.15) is 30.5 Å². The summed E-state index contributed by atoms with van der Waals surface area (Å²) >= 11 is 15.7. The van der Waals surface area contributed by atoms with E-state index in [0.29, 0.717) is 5.02 Å². The molecule has 0 aromatic heterocycles. The highest BCUT2D eigenvalue weighted by molar-refractivity contribution is 9.10. The summed E-state index contributed by atoms with van der Waals surface area (Å²) in [4.78, 5) is 0. The summed E-state index contributed by atoms with van der Waals surface area (Å²) in [6.07, 6.45) is 1.07. The topological polar surface area (TPSA) is 12.0 Å². The van der Waals surface area contributed by atoms with E-state index in [4.69, 9.17) is 23.2 Å². The molecule has 0 radical (unpaired) electrons. The van der Waals surface area contributed by atoms with E-state index in [9.17, 15) is 0 Å². The van der Waals surface area contributed by atoms with Crippen molar-refractivity contribution in [2.75, 3.05) is 6.54 Å². The Hall–Kier alpha value is -0.540. The van der Waals surface area contributed by atoms with Crippen molar-refractivity contribution >= 4 is 39.1 Å². The fraction of sp³-hybridized carbons (Fsp3) is 0.250. The first-order valence-electron chi connectivity index (χ1n) is 6.55. The molecular weight excluding hydrogens is 357 g/mol. The quantitative estimate of drug-likeness (QED) is 0.694. The molecule has 0 amide bonds. The molecule has 1 unspecified atom stereocenters. The maximum Gasteiger partial charge on any atom is 0.0577 e. The fourth-order valence-corrected chi connectivity index (χ4v) is 2.73. The Morgan fingerprint density at radius 1 is 1.10 bits per heavy atom. The van der Waals surface area contributed by atoms with Gasteiger partial charge in [0.15, 0.2) is 0 Å². The van der Waals surface area contributed by atoms with Gasteiger partial charge in [-0.1, -0.05) is 48.3 Å². The standard InChI is InChI=1S/C16H16BrCl2N/c1-2-8-20-16(11-4-3-5-13(18)9-11)12-6-7-14(17)15(19)10-12/h3-7,9-10,16,20H,2,8H2,1H3. The molecule has 0 saturated heterocycles. The first kappa shape index (κ1) is 15.8. The monoisotopic (exact) mass is 371 g/mol. The van der Waals surface area contributed by atoms with Crippen LogP contribution in [0, 0.1) is 0 Å². The molecule has 1 N–H and O–H groups in total. The summed E-state index contributed by atoms with van der Waals surface area (Å²) in [7, 11) is 0. The lowest BCUT2D eigenvalue weighted by molar-refractivity contribution is 0.598. The molecule has 2 aromatic carbocycles. The predicted octanol–water partition coefficient (Wildman–Crippen LogP) is 5.84. The summed E-state index contributed by atoms with van der Waals surface area (Å²) < 4.78 is 0.906. The van der Waals surface area contributed by atoms with Crippen molar-refractivity contribution in [2.24, 2.45) is 0 Å². The smallest absolute Gasteiger partial charge is 0.0577 e. The van der Waals surface area contributed by atoms with Crippen LogP contribution in [0.25, 0.3) is 0 Å². The zero-order valence-electron chi connectivity index (χ0n) is 11.2. The van der Waals surface area contributed by atoms with Crippen LogP contribution < -0.4 is 5.32 Å². The summed E-state index contributed by atoms with van der Waals surface area (Å²) in [5.41, 5.74) is 2.28. The van der Waals surface area contributed by atoms with Gasteiger partial charge in [-0.05, 0) is 64.3 Å². The van der Waals surface area contributed by atoms with Gasteiger partial charge in [-0.2, -0.15) is 0 Å². The summed E-state index contributed by atoms with van der Waals surface area (Å²) in [5, 5.41) is 5.00. The highest BCUT2D eigenvalue weighted by Crippen LogP contribution is 2.30. The van der Waals surface area contributed by atoms with Gasteiger partial charge in [-0.25, -0.2) is 0 Å². The average molecular weight is 373 g/mol. The number of hydrogen-bond acceptors (Lipinski definition) is 1. The molecule has 0 heterocycles. The van der Waals surface area contributed by atoms with Crippen LogP contribution in [-0.2, 0) is 0 Å². The third kappa shape index (κ3) is 3.98. The van der Waals surface area contributed by atoms with E-state index in [1.165, 1.54) is 0 Å². The van der Waals surface area contributed by atoms with Gasteiger partial charge in [0.25, 0.3) is 0 Å². The van der Waals surface area contributed by atoms with Crippen molar-refractivity contribution < 1.29 is 0 Å². The Labute approximate surface area is 138 Å². The van der Waals surface area contributed by atoms with E-state index >= 15 is 0 Å². The average Bonchev–Trinajstić information content (AvgIpc) is 2.43. The Balaban J connectivity index is 2.38. The van der Waals surface area contributed by atoms with Gasteiger partial charge in [-0.15, -0.1) is 0 Å². The first-order valence-corrected chi connectivity index (χ1v) is 8.10. The molecule has 4 heteroatoms. The second-order valence-corrected chi connectivity index (χ2v) is 6.31. The van der Waals surface area contributed by atoms with E-state index in [0.717, 1.165) is 33.6 Å². The van der Waals surface area contributed by atoms with Crippen LogP contribution in [0.15, 0.2) is 46.9 Å². The van der Waals surface area contributed by atoms with Gasteiger partial charge in [0, 0.05) is 9.50 Å². The number of rotatable bonds is 5. The fourth-order valence-electron chi connectivity index (χ4n) is 2.09. The largest absolute Gasteiger partial charge is 0.306 e. The molecule has 0 aliphatic rings. The third-order valence-electron chi connectivity index (χ3n) is 3.06. The Morgan fingerprint density at radius 3 is 2.50 bits per heavy atom. The zero-order chi connectivity index (χ0) is 14.5. The SMILES string of the molecule is CCCNC(c1cccc(Cl)c1)c1ccc(Br)c(Cl)c1. The number of halogens is 3. The maximum absolute atomic E-state index is 6.21. The van der Waals surface area contributed by atoms with Crippen molar-refractivity contribution in [3.63, 3.8) is 0 Å². The summed E-state index contributed by atoms with van der Waals surface area (Å²) in [5.74, 6) is 0. The van der Waals surface area contributed by atoms with Crippen LogP contribution in [-0.4, -0.2) is 6.54 Å². The van der Waals surface area contributed by atoms with E-state index in [2.05, 4.69) is 40.3 Å². The third-order valence-corrected chi connectivity index (χ3v) is 4.53. The van der Waals surface area contributed by atoms with E-state index in [-0.39, 0.29) is 6.04 Å². The molecule has 1 nitrogen and oxygen atoms in total. The lowest BCUT2D eigenvalue weighted by Gasteiger charge is -2.20. The minimum atomic E-state index is 0.0965. The van der Waals surface area contributed by atoms with Gasteiger partial charge in [0.2, 0.25) is 0 Å². The van der Waals surface area contributed by atoms with Crippen molar-refractivity contribution in [3.8, 4) is 0 Å². The Morgan fingerprint density at radius 2 is 1.85 bits per heavy atom. The molecule has 0 aliphatic heterocycles. The molecular formula is C16H16BrCl2N. The number of hydrogen-bond donors (Lipinski definition) is 1. The molecule has 0 aliphatic carbocycles. The van der Waals surface area contributed by atoms with Crippen molar-refractivity contribution in [1.29, 1.82) is 0 Å². The van der Waals surface area contributed by atoms with Crippen LogP contribution in [0.4, 0.5) is 0 Å². The number of benzene rings is 2. The van der Waals surface area contributed by atoms with Crippen molar-refractivity contribution in [2.45, 2.75) is 19.4 Å². The Kier molecular flexibility index (Phi) is 5.91. The Bertz CT molecular complexity index is 586. The van der Waals surface area contributed by atoms with Crippen LogP contribution >= 0.6 is 39.1 Å². The van der Waals surface area contributed by atoms with Crippen LogP contribution in [0.2, 0.25) is 10.0 Å². The molecule has 1 atom stereocenters. The van der Waals surface area contributed by atoms with Gasteiger partial charge in [0.05, 0.1) is 11.1 Å². The van der Waals surface area contributed by atoms with Crippen molar-refractivity contribution in [1.82, 2.24) is 5.32 Å². The minimum absolute atomic E-state index is 0.0965. The molecule has 2 rings (SSSR count). The van der Waals surface area contributed by atoms with Gasteiger partial charge >= 0.3 is 0 Å². The zero-order valence-corrected chi connectivity index (χ0v) is 14.3. The second kappa shape index (κ2) is 7.46. The molecule has 20 heavy (non-hydrogen) atoms. The van der Waals surface area contributed by atoms with Gasteiger partial charge < -0.3 is 5.32 Å². The highest BCUT2D eigenvalue weighted by atomic mass is 79.9. The summed E-state index contributed by atoms with van der Waals surface area (Å²) in [6, 6.07) is 14.1. The molecule has 0 bridgehead atoms. The predicted molar refractivity (Wildman–Crippen MR) is 90.7 cm³/mol. The van der Waals surface area contributed by atoms with Gasteiger partial charge in [0.1, 0.15) is 0 Å². The molecule has 2 aromatic rings.